The lowest BCUT2D eigenvalue weighted by Gasteiger charge is -2.32. The van der Waals surface area contributed by atoms with Crippen molar-refractivity contribution in [3.8, 4) is 0 Å². The van der Waals surface area contributed by atoms with Crippen LogP contribution in [0, 0.1) is 5.41 Å². The zero-order chi connectivity index (χ0) is 15.0. The third-order valence-electron chi connectivity index (χ3n) is 4.76. The molecule has 0 aromatic rings. The molecule has 5 nitrogen and oxygen atoms in total. The Balaban J connectivity index is 2.21. The molecular weight excluding hydrogens is 252 g/mol. The first-order valence-corrected chi connectivity index (χ1v) is 7.97. The summed E-state index contributed by atoms with van der Waals surface area (Å²) in [6.45, 7) is 10.9. The van der Waals surface area contributed by atoms with E-state index in [1.165, 1.54) is 0 Å². The number of nitrogens with zero attached hydrogens (tertiary/aromatic N) is 2. The molecule has 0 bridgehead atoms. The Morgan fingerprint density at radius 3 is 2.30 bits per heavy atom. The van der Waals surface area contributed by atoms with Gasteiger partial charge < -0.3 is 20.9 Å². The van der Waals surface area contributed by atoms with Crippen LogP contribution in [0.15, 0.2) is 0 Å². The second-order valence-electron chi connectivity index (χ2n) is 5.95. The van der Waals surface area contributed by atoms with E-state index in [0.717, 1.165) is 58.5 Å². The monoisotopic (exact) mass is 284 g/mol. The Kier molecular flexibility index (Phi) is 7.48. The van der Waals surface area contributed by atoms with Gasteiger partial charge in [-0.05, 0) is 32.9 Å². The van der Waals surface area contributed by atoms with Gasteiger partial charge in [-0.15, -0.1) is 0 Å². The number of nitrogens with two attached hydrogens (primary N) is 1. The van der Waals surface area contributed by atoms with E-state index >= 15 is 0 Å². The fraction of sp³-hybridized carbons (Fsp3) is 0.933. The van der Waals surface area contributed by atoms with Gasteiger partial charge in [-0.1, -0.05) is 13.8 Å². The Morgan fingerprint density at radius 1 is 1.20 bits per heavy atom. The van der Waals surface area contributed by atoms with Gasteiger partial charge in [0.25, 0.3) is 0 Å². The van der Waals surface area contributed by atoms with Gasteiger partial charge in [0, 0.05) is 39.3 Å². The van der Waals surface area contributed by atoms with Crippen molar-refractivity contribution in [3.63, 3.8) is 0 Å². The smallest absolute Gasteiger partial charge is 0.227 e. The van der Waals surface area contributed by atoms with E-state index in [0.29, 0.717) is 6.54 Å². The molecule has 0 aliphatic carbocycles. The largest absolute Gasteiger partial charge is 0.356 e. The molecule has 1 fully saturated rings. The van der Waals surface area contributed by atoms with Crippen molar-refractivity contribution < 1.29 is 4.79 Å². The summed E-state index contributed by atoms with van der Waals surface area (Å²) in [7, 11) is 2.17. The Morgan fingerprint density at radius 2 is 1.80 bits per heavy atom. The molecule has 3 N–H and O–H groups in total. The second kappa shape index (κ2) is 8.60. The fourth-order valence-electron chi connectivity index (χ4n) is 2.72. The highest BCUT2D eigenvalue weighted by atomic mass is 16.2. The van der Waals surface area contributed by atoms with Gasteiger partial charge in [0.15, 0.2) is 0 Å². The topological polar surface area (TPSA) is 61.6 Å². The average molecular weight is 284 g/mol. The van der Waals surface area contributed by atoms with Gasteiger partial charge in [0.05, 0.1) is 5.41 Å². The minimum absolute atomic E-state index is 0.128. The quantitative estimate of drug-likeness (QED) is 0.637. The molecule has 1 heterocycles. The van der Waals surface area contributed by atoms with Crippen LogP contribution >= 0.6 is 0 Å². The van der Waals surface area contributed by atoms with Gasteiger partial charge >= 0.3 is 0 Å². The van der Waals surface area contributed by atoms with Gasteiger partial charge in [-0.2, -0.15) is 0 Å². The first-order chi connectivity index (χ1) is 9.57. The van der Waals surface area contributed by atoms with E-state index in [1.807, 2.05) is 13.8 Å². The summed E-state index contributed by atoms with van der Waals surface area (Å²) >= 11 is 0. The van der Waals surface area contributed by atoms with Crippen LogP contribution in [-0.2, 0) is 4.79 Å². The van der Waals surface area contributed by atoms with Crippen LogP contribution in [0.3, 0.4) is 0 Å². The zero-order valence-electron chi connectivity index (χ0n) is 13.5. The molecule has 0 unspecified atom stereocenters. The molecule has 0 aromatic carbocycles. The zero-order valence-corrected chi connectivity index (χ0v) is 13.5. The Bertz CT molecular complexity index is 275. The summed E-state index contributed by atoms with van der Waals surface area (Å²) in [4.78, 5) is 17.1. The van der Waals surface area contributed by atoms with Crippen LogP contribution in [0.4, 0.5) is 0 Å². The molecule has 0 radical (unpaired) electrons. The molecule has 0 atom stereocenters. The predicted octanol–water partition coefficient (Wildman–Crippen LogP) is 0.505. The third-order valence-corrected chi connectivity index (χ3v) is 4.76. The minimum atomic E-state index is -0.367. The van der Waals surface area contributed by atoms with Crippen molar-refractivity contribution in [1.29, 1.82) is 0 Å². The lowest BCUT2D eigenvalue weighted by molar-refractivity contribution is -0.131. The molecule has 5 heteroatoms. The molecule has 0 spiro atoms. The van der Waals surface area contributed by atoms with Crippen LogP contribution in [0.1, 0.15) is 33.1 Å². The normalized spacial score (nSPS) is 18.2. The molecule has 0 saturated carbocycles. The van der Waals surface area contributed by atoms with Gasteiger partial charge in [0.1, 0.15) is 0 Å². The maximum atomic E-state index is 12.2. The summed E-state index contributed by atoms with van der Waals surface area (Å²) in [5, 5.41) is 3.07. The van der Waals surface area contributed by atoms with Crippen LogP contribution < -0.4 is 11.1 Å². The van der Waals surface area contributed by atoms with E-state index in [-0.39, 0.29) is 11.3 Å². The first-order valence-electron chi connectivity index (χ1n) is 7.97. The number of likely N-dealkylation sites (N-methyl/N-ethyl adjacent to an activating group) is 1. The van der Waals surface area contributed by atoms with Crippen LogP contribution in [0.5, 0.6) is 0 Å². The van der Waals surface area contributed by atoms with Crippen molar-refractivity contribution in [3.05, 3.63) is 0 Å². The molecule has 20 heavy (non-hydrogen) atoms. The molecule has 1 aliphatic rings. The van der Waals surface area contributed by atoms with Crippen molar-refractivity contribution in [1.82, 2.24) is 15.1 Å². The van der Waals surface area contributed by atoms with E-state index < -0.39 is 0 Å². The van der Waals surface area contributed by atoms with E-state index in [1.54, 1.807) is 0 Å². The summed E-state index contributed by atoms with van der Waals surface area (Å²) in [6, 6.07) is 0. The second-order valence-corrected chi connectivity index (χ2v) is 5.95. The van der Waals surface area contributed by atoms with E-state index in [4.69, 9.17) is 5.73 Å². The van der Waals surface area contributed by atoms with Crippen molar-refractivity contribution >= 4 is 5.91 Å². The average Bonchev–Trinajstić information content (AvgIpc) is 2.48. The number of hydrogen-bond acceptors (Lipinski definition) is 4. The number of amides is 1. The number of carbonyl (C=O) groups excluding carboxylic acids is 1. The third kappa shape index (κ3) is 4.72. The highest BCUT2D eigenvalue weighted by Crippen LogP contribution is 2.24. The fourth-order valence-corrected chi connectivity index (χ4v) is 2.72. The number of piperazine rings is 1. The Labute approximate surface area is 123 Å². The van der Waals surface area contributed by atoms with Gasteiger partial charge in [-0.3, -0.25) is 4.79 Å². The van der Waals surface area contributed by atoms with Gasteiger partial charge in [-0.25, -0.2) is 0 Å². The summed E-state index contributed by atoms with van der Waals surface area (Å²) in [5.74, 6) is 0.128. The van der Waals surface area contributed by atoms with E-state index in [9.17, 15) is 4.79 Å². The molecule has 1 amide bonds. The van der Waals surface area contributed by atoms with Crippen molar-refractivity contribution in [2.75, 3.05) is 52.9 Å². The predicted molar refractivity (Wildman–Crippen MR) is 83.6 cm³/mol. The first kappa shape index (κ1) is 17.4. The number of carbonyl (C=O) groups is 1. The minimum Gasteiger partial charge on any atom is -0.356 e. The molecular formula is C15H32N4O. The molecule has 1 saturated heterocycles. The molecule has 1 rings (SSSR count). The maximum absolute atomic E-state index is 12.2. The SMILES string of the molecule is CCC(CC)(CN)C(=O)NCCCN1CCN(C)CC1. The number of nitrogens with one attached hydrogen (secondary N) is 1. The van der Waals surface area contributed by atoms with Gasteiger partial charge in [0.2, 0.25) is 5.91 Å². The van der Waals surface area contributed by atoms with Crippen molar-refractivity contribution in [2.45, 2.75) is 33.1 Å². The Hall–Kier alpha value is -0.650. The number of hydrogen-bond donors (Lipinski definition) is 2. The maximum Gasteiger partial charge on any atom is 0.227 e. The number of rotatable bonds is 8. The van der Waals surface area contributed by atoms with Crippen LogP contribution in [-0.4, -0.2) is 68.6 Å². The molecule has 118 valence electrons. The lowest BCUT2D eigenvalue weighted by Crippen LogP contribution is -2.47. The molecule has 1 aliphatic heterocycles. The molecule has 0 aromatic heterocycles. The van der Waals surface area contributed by atoms with Crippen molar-refractivity contribution in [2.24, 2.45) is 11.1 Å². The van der Waals surface area contributed by atoms with Crippen LogP contribution in [0.2, 0.25) is 0 Å². The lowest BCUT2D eigenvalue weighted by atomic mass is 9.81. The standard InChI is InChI=1S/C15H32N4O/c1-4-15(5-2,13-16)14(20)17-7-6-8-19-11-9-18(3)10-12-19/h4-13,16H2,1-3H3,(H,17,20). The van der Waals surface area contributed by atoms with Crippen LogP contribution in [0.25, 0.3) is 0 Å². The highest BCUT2D eigenvalue weighted by Gasteiger charge is 2.32. The summed E-state index contributed by atoms with van der Waals surface area (Å²) < 4.78 is 0. The van der Waals surface area contributed by atoms with E-state index in [2.05, 4.69) is 22.2 Å². The summed E-state index contributed by atoms with van der Waals surface area (Å²) in [6.07, 6.45) is 2.64. The summed E-state index contributed by atoms with van der Waals surface area (Å²) in [5.41, 5.74) is 5.42. The highest BCUT2D eigenvalue weighted by molar-refractivity contribution is 5.82.